The van der Waals surface area contributed by atoms with Crippen molar-refractivity contribution in [3.63, 3.8) is 0 Å². The van der Waals surface area contributed by atoms with Gasteiger partial charge in [-0.15, -0.1) is 0 Å². The molecular weight excluding hydrogens is 438 g/mol. The third kappa shape index (κ3) is 5.42. The molecule has 31 heavy (non-hydrogen) atoms. The number of fused-ring (bicyclic) bond motifs is 1. The third-order valence-electron chi connectivity index (χ3n) is 4.45. The Labute approximate surface area is 184 Å². The number of phenolic OH excluding ortho intramolecular Hbond substituents is 1. The lowest BCUT2D eigenvalue weighted by molar-refractivity contribution is 0.469. The topological polar surface area (TPSA) is 54.4 Å². The van der Waals surface area contributed by atoms with E-state index in [1.54, 1.807) is 11.8 Å². The molecule has 4 aromatic carbocycles. The van der Waals surface area contributed by atoms with Gasteiger partial charge in [0.05, 0.1) is 4.90 Å². The number of halogens is 2. The molecule has 3 nitrogen and oxygen atoms in total. The fraction of sp³-hybridized carbons (Fsp3) is 0.0833. The van der Waals surface area contributed by atoms with Crippen molar-refractivity contribution < 1.29 is 22.3 Å². The Hall–Kier alpha value is -2.90. The van der Waals surface area contributed by atoms with Crippen LogP contribution in [0, 0.1) is 18.6 Å². The standard InChI is InChI=1S/C17H14OS.C7H6F2O2S/c1-12-11-16(19-13-7-3-2-4-8-13)17(18)15-10-6-5-9-14(12)15;1-12(10,11)7-5(8)3-2-4-6(7)9/h2-11,18H,1H3;2-4H,1H3. The predicted octanol–water partition coefficient (Wildman–Crippen LogP) is 6.37. The Kier molecular flexibility index (Phi) is 6.97. The molecule has 0 atom stereocenters. The number of benzene rings is 4. The molecule has 0 aliphatic heterocycles. The number of hydrogen-bond acceptors (Lipinski definition) is 4. The smallest absolute Gasteiger partial charge is 0.181 e. The van der Waals surface area contributed by atoms with Gasteiger partial charge in [0.15, 0.2) is 9.84 Å². The van der Waals surface area contributed by atoms with Crippen LogP contribution >= 0.6 is 11.8 Å². The summed E-state index contributed by atoms with van der Waals surface area (Å²) >= 11 is 1.59. The number of aryl methyl sites for hydroxylation is 1. The first kappa shape index (κ1) is 22.8. The van der Waals surface area contributed by atoms with Gasteiger partial charge in [0.25, 0.3) is 0 Å². The van der Waals surface area contributed by atoms with Crippen LogP contribution in [0.25, 0.3) is 10.8 Å². The van der Waals surface area contributed by atoms with Crippen molar-refractivity contribution in [3.05, 3.63) is 96.1 Å². The second-order valence-electron chi connectivity index (χ2n) is 6.82. The Morgan fingerprint density at radius 3 is 1.90 bits per heavy atom. The predicted molar refractivity (Wildman–Crippen MR) is 120 cm³/mol. The molecule has 0 saturated heterocycles. The van der Waals surface area contributed by atoms with Gasteiger partial charge in [-0.1, -0.05) is 60.3 Å². The minimum absolute atomic E-state index is 0.370. The van der Waals surface area contributed by atoms with E-state index in [9.17, 15) is 22.3 Å². The molecule has 0 saturated carbocycles. The minimum Gasteiger partial charge on any atom is -0.506 e. The summed E-state index contributed by atoms with van der Waals surface area (Å²) in [5.74, 6) is -1.75. The van der Waals surface area contributed by atoms with Gasteiger partial charge < -0.3 is 5.11 Å². The zero-order valence-electron chi connectivity index (χ0n) is 16.8. The van der Waals surface area contributed by atoms with Crippen LogP contribution in [0.3, 0.4) is 0 Å². The van der Waals surface area contributed by atoms with Crippen LogP contribution in [0.1, 0.15) is 5.56 Å². The minimum atomic E-state index is -3.81. The van der Waals surface area contributed by atoms with Crippen molar-refractivity contribution >= 4 is 32.4 Å². The Morgan fingerprint density at radius 1 is 0.806 bits per heavy atom. The Bertz CT molecular complexity index is 1300. The zero-order valence-corrected chi connectivity index (χ0v) is 18.5. The van der Waals surface area contributed by atoms with E-state index in [4.69, 9.17) is 0 Å². The molecule has 0 radical (unpaired) electrons. The van der Waals surface area contributed by atoms with Gasteiger partial charge in [-0.05, 0) is 48.2 Å². The van der Waals surface area contributed by atoms with E-state index in [1.165, 1.54) is 5.56 Å². The molecule has 7 heteroatoms. The largest absolute Gasteiger partial charge is 0.506 e. The maximum Gasteiger partial charge on any atom is 0.181 e. The van der Waals surface area contributed by atoms with Gasteiger partial charge in [-0.2, -0.15) is 0 Å². The fourth-order valence-electron chi connectivity index (χ4n) is 3.04. The first-order chi connectivity index (χ1) is 14.7. The highest BCUT2D eigenvalue weighted by molar-refractivity contribution is 7.99. The molecule has 0 bridgehead atoms. The summed E-state index contributed by atoms with van der Waals surface area (Å²) in [6.07, 6.45) is 0.758. The van der Waals surface area contributed by atoms with Gasteiger partial charge in [-0.25, -0.2) is 17.2 Å². The highest BCUT2D eigenvalue weighted by atomic mass is 32.2. The Balaban J connectivity index is 0.000000196. The van der Waals surface area contributed by atoms with E-state index in [-0.39, 0.29) is 0 Å². The van der Waals surface area contributed by atoms with Crippen LogP contribution in [-0.2, 0) is 9.84 Å². The van der Waals surface area contributed by atoms with Crippen molar-refractivity contribution in [3.8, 4) is 5.75 Å². The molecule has 0 aliphatic rings. The van der Waals surface area contributed by atoms with Crippen molar-refractivity contribution in [2.75, 3.05) is 6.26 Å². The molecule has 0 amide bonds. The highest BCUT2D eigenvalue weighted by Crippen LogP contribution is 2.40. The van der Waals surface area contributed by atoms with E-state index >= 15 is 0 Å². The summed E-state index contributed by atoms with van der Waals surface area (Å²) in [6, 6.07) is 23.0. The van der Waals surface area contributed by atoms with E-state index in [0.717, 1.165) is 45.0 Å². The van der Waals surface area contributed by atoms with Gasteiger partial charge in [-0.3, -0.25) is 0 Å². The first-order valence-corrected chi connectivity index (χ1v) is 12.0. The first-order valence-electron chi connectivity index (χ1n) is 9.26. The molecule has 1 N–H and O–H groups in total. The molecule has 4 rings (SSSR count). The average molecular weight is 459 g/mol. The van der Waals surface area contributed by atoms with Gasteiger partial charge in [0.1, 0.15) is 22.3 Å². The summed E-state index contributed by atoms with van der Waals surface area (Å²) in [4.78, 5) is 1.17. The molecule has 0 heterocycles. The summed E-state index contributed by atoms with van der Waals surface area (Å²) < 4.78 is 47.0. The summed E-state index contributed by atoms with van der Waals surface area (Å²) in [5, 5.41) is 12.4. The molecule has 0 aromatic heterocycles. The van der Waals surface area contributed by atoms with Crippen LogP contribution in [0.5, 0.6) is 5.75 Å². The molecule has 160 valence electrons. The van der Waals surface area contributed by atoms with E-state index in [1.807, 2.05) is 42.5 Å². The number of sulfone groups is 1. The molecule has 4 aromatic rings. The quantitative estimate of drug-likeness (QED) is 0.387. The van der Waals surface area contributed by atoms with Gasteiger partial charge >= 0.3 is 0 Å². The maximum atomic E-state index is 12.7. The number of aromatic hydroxyl groups is 1. The highest BCUT2D eigenvalue weighted by Gasteiger charge is 2.18. The monoisotopic (exact) mass is 458 g/mol. The Morgan fingerprint density at radius 2 is 1.35 bits per heavy atom. The van der Waals surface area contributed by atoms with Crippen LogP contribution in [-0.4, -0.2) is 19.8 Å². The lowest BCUT2D eigenvalue weighted by Gasteiger charge is -2.10. The molecule has 0 fully saturated rings. The second kappa shape index (κ2) is 9.49. The summed E-state index contributed by atoms with van der Waals surface area (Å²) in [7, 11) is -3.81. The number of phenols is 1. The van der Waals surface area contributed by atoms with E-state index in [0.29, 0.717) is 5.75 Å². The van der Waals surface area contributed by atoms with E-state index in [2.05, 4.69) is 25.1 Å². The average Bonchev–Trinajstić information content (AvgIpc) is 2.72. The van der Waals surface area contributed by atoms with Crippen molar-refractivity contribution in [2.24, 2.45) is 0 Å². The third-order valence-corrected chi connectivity index (χ3v) is 6.62. The maximum absolute atomic E-state index is 12.7. The lowest BCUT2D eigenvalue weighted by atomic mass is 10.0. The number of hydrogen-bond donors (Lipinski definition) is 1. The van der Waals surface area contributed by atoms with Crippen LogP contribution < -0.4 is 0 Å². The van der Waals surface area contributed by atoms with E-state index < -0.39 is 26.4 Å². The molecule has 0 unspecified atom stereocenters. The molecule has 0 spiro atoms. The molecule has 0 aliphatic carbocycles. The van der Waals surface area contributed by atoms with Crippen molar-refractivity contribution in [1.82, 2.24) is 0 Å². The van der Waals surface area contributed by atoms with Crippen LogP contribution in [0.4, 0.5) is 8.78 Å². The zero-order chi connectivity index (χ0) is 22.6. The van der Waals surface area contributed by atoms with Crippen molar-refractivity contribution in [1.29, 1.82) is 0 Å². The summed E-state index contributed by atoms with van der Waals surface area (Å²) in [6.45, 7) is 2.08. The molecular formula is C24H20F2O3S2. The van der Waals surface area contributed by atoms with Crippen LogP contribution in [0.2, 0.25) is 0 Å². The normalized spacial score (nSPS) is 11.1. The SMILES string of the molecule is CS(=O)(=O)c1c(F)cccc1F.Cc1cc(Sc2ccccc2)c(O)c2ccccc12. The lowest BCUT2D eigenvalue weighted by Crippen LogP contribution is -2.03. The second-order valence-corrected chi connectivity index (χ2v) is 9.89. The van der Waals surface area contributed by atoms with Crippen LogP contribution in [0.15, 0.2) is 93.5 Å². The summed E-state index contributed by atoms with van der Waals surface area (Å²) in [5.41, 5.74) is 1.19. The van der Waals surface area contributed by atoms with Gasteiger partial charge in [0, 0.05) is 16.5 Å². The van der Waals surface area contributed by atoms with Gasteiger partial charge in [0.2, 0.25) is 0 Å². The fourth-order valence-corrected chi connectivity index (χ4v) is 4.87. The van der Waals surface area contributed by atoms with Crippen molar-refractivity contribution in [2.45, 2.75) is 21.6 Å². The number of rotatable bonds is 3.